The molecular weight excluding hydrogens is 246 g/mol. The van der Waals surface area contributed by atoms with Gasteiger partial charge in [0.25, 0.3) is 5.91 Å². The molecule has 0 aliphatic heterocycles. The van der Waals surface area contributed by atoms with Crippen molar-refractivity contribution in [2.75, 3.05) is 5.32 Å². The Balaban J connectivity index is 1.89. The topological polar surface area (TPSA) is 81.2 Å². The lowest BCUT2D eigenvalue weighted by molar-refractivity contribution is 0.0998. The van der Waals surface area contributed by atoms with Crippen LogP contribution in [-0.4, -0.2) is 16.0 Å². The second-order valence-corrected chi connectivity index (χ2v) is 4.22. The molecule has 0 fully saturated rings. The van der Waals surface area contributed by atoms with E-state index in [1.165, 1.54) is 0 Å². The van der Waals surface area contributed by atoms with E-state index >= 15 is 0 Å². The zero-order chi connectivity index (χ0) is 13.4. The standard InChI is InChI=1S/C13H11N3O3/c1-7-3-4-10-9(14-7)6-11(18-10)13(17)15-12-5-8(2)19-16-12/h3-6H,1-2H3,(H,15,16,17). The first-order valence-corrected chi connectivity index (χ1v) is 5.74. The summed E-state index contributed by atoms with van der Waals surface area (Å²) in [7, 11) is 0. The van der Waals surface area contributed by atoms with Gasteiger partial charge in [0.1, 0.15) is 11.3 Å². The van der Waals surface area contributed by atoms with E-state index < -0.39 is 0 Å². The highest BCUT2D eigenvalue weighted by molar-refractivity contribution is 6.03. The lowest BCUT2D eigenvalue weighted by atomic mass is 10.3. The molecule has 0 spiro atoms. The minimum atomic E-state index is -0.385. The van der Waals surface area contributed by atoms with Gasteiger partial charge < -0.3 is 14.3 Å². The first kappa shape index (κ1) is 11.5. The molecular formula is C13H11N3O3. The van der Waals surface area contributed by atoms with Crippen molar-refractivity contribution in [3.05, 3.63) is 41.5 Å². The highest BCUT2D eigenvalue weighted by atomic mass is 16.5. The van der Waals surface area contributed by atoms with Crippen molar-refractivity contribution in [3.8, 4) is 0 Å². The van der Waals surface area contributed by atoms with Crippen LogP contribution in [0.3, 0.4) is 0 Å². The quantitative estimate of drug-likeness (QED) is 0.763. The maximum atomic E-state index is 12.0. The summed E-state index contributed by atoms with van der Waals surface area (Å²) in [5, 5.41) is 6.27. The van der Waals surface area contributed by atoms with E-state index in [1.54, 1.807) is 25.1 Å². The van der Waals surface area contributed by atoms with Gasteiger partial charge >= 0.3 is 0 Å². The lowest BCUT2D eigenvalue weighted by Crippen LogP contribution is -2.10. The Morgan fingerprint density at radius 2 is 2.11 bits per heavy atom. The number of carbonyl (C=O) groups is 1. The smallest absolute Gasteiger partial charge is 0.292 e. The fraction of sp³-hybridized carbons (Fsp3) is 0.154. The van der Waals surface area contributed by atoms with Gasteiger partial charge in [-0.1, -0.05) is 5.16 Å². The molecule has 0 saturated carbocycles. The molecule has 3 aromatic rings. The SMILES string of the molecule is Cc1ccc2oc(C(=O)Nc3cc(C)on3)cc2n1. The van der Waals surface area contributed by atoms with Crippen molar-refractivity contribution >= 4 is 22.8 Å². The van der Waals surface area contributed by atoms with Crippen molar-refractivity contribution < 1.29 is 13.7 Å². The Morgan fingerprint density at radius 1 is 1.26 bits per heavy atom. The summed E-state index contributed by atoms with van der Waals surface area (Å²) in [5.74, 6) is 0.780. The van der Waals surface area contributed by atoms with Gasteiger partial charge in [-0.3, -0.25) is 4.79 Å². The molecule has 6 nitrogen and oxygen atoms in total. The number of rotatable bonds is 2. The molecule has 0 atom stereocenters. The van der Waals surface area contributed by atoms with Gasteiger partial charge in [0, 0.05) is 17.8 Å². The molecule has 0 aliphatic rings. The summed E-state index contributed by atoms with van der Waals surface area (Å²) in [6.45, 7) is 3.63. The van der Waals surface area contributed by atoms with Crippen molar-refractivity contribution in [2.45, 2.75) is 13.8 Å². The number of hydrogen-bond donors (Lipinski definition) is 1. The van der Waals surface area contributed by atoms with Gasteiger partial charge in [-0.15, -0.1) is 0 Å². The number of anilines is 1. The van der Waals surface area contributed by atoms with Crippen molar-refractivity contribution in [1.82, 2.24) is 10.1 Å². The third-order valence-electron chi connectivity index (χ3n) is 2.61. The second-order valence-electron chi connectivity index (χ2n) is 4.22. The van der Waals surface area contributed by atoms with Crippen molar-refractivity contribution in [2.24, 2.45) is 0 Å². The van der Waals surface area contributed by atoms with Crippen LogP contribution in [0.2, 0.25) is 0 Å². The molecule has 3 heterocycles. The van der Waals surface area contributed by atoms with E-state index in [4.69, 9.17) is 8.94 Å². The maximum Gasteiger partial charge on any atom is 0.292 e. The molecule has 3 rings (SSSR count). The molecule has 96 valence electrons. The number of nitrogens with one attached hydrogen (secondary N) is 1. The molecule has 19 heavy (non-hydrogen) atoms. The molecule has 0 saturated heterocycles. The van der Waals surface area contributed by atoms with Crippen molar-refractivity contribution in [1.29, 1.82) is 0 Å². The van der Waals surface area contributed by atoms with Gasteiger partial charge in [-0.2, -0.15) is 0 Å². The zero-order valence-corrected chi connectivity index (χ0v) is 10.4. The molecule has 0 unspecified atom stereocenters. The number of nitrogens with zero attached hydrogens (tertiary/aromatic N) is 2. The summed E-state index contributed by atoms with van der Waals surface area (Å²) >= 11 is 0. The predicted octanol–water partition coefficient (Wildman–Crippen LogP) is 2.68. The number of aromatic nitrogens is 2. The van der Waals surface area contributed by atoms with Gasteiger partial charge in [0.15, 0.2) is 17.2 Å². The molecule has 6 heteroatoms. The molecule has 0 aliphatic carbocycles. The third kappa shape index (κ3) is 2.20. The number of fused-ring (bicyclic) bond motifs is 1. The predicted molar refractivity (Wildman–Crippen MR) is 67.9 cm³/mol. The van der Waals surface area contributed by atoms with Gasteiger partial charge in [0.05, 0.1) is 0 Å². The molecule has 1 N–H and O–H groups in total. The van der Waals surface area contributed by atoms with Gasteiger partial charge in [-0.25, -0.2) is 4.98 Å². The average molecular weight is 257 g/mol. The van der Waals surface area contributed by atoms with Crippen LogP contribution in [0, 0.1) is 13.8 Å². The first-order chi connectivity index (χ1) is 9.11. The Kier molecular flexibility index (Phi) is 2.56. The van der Waals surface area contributed by atoms with E-state index in [9.17, 15) is 4.79 Å². The van der Waals surface area contributed by atoms with Crippen LogP contribution in [0.4, 0.5) is 5.82 Å². The van der Waals surface area contributed by atoms with Gasteiger partial charge in [-0.05, 0) is 26.0 Å². The summed E-state index contributed by atoms with van der Waals surface area (Å²) in [6.07, 6.45) is 0. The van der Waals surface area contributed by atoms with E-state index in [0.29, 0.717) is 22.7 Å². The van der Waals surface area contributed by atoms with Gasteiger partial charge in [0.2, 0.25) is 0 Å². The number of aryl methyl sites for hydroxylation is 2. The maximum absolute atomic E-state index is 12.0. The van der Waals surface area contributed by atoms with Crippen LogP contribution < -0.4 is 5.32 Å². The third-order valence-corrected chi connectivity index (χ3v) is 2.61. The highest BCUT2D eigenvalue weighted by Crippen LogP contribution is 2.19. The summed E-state index contributed by atoms with van der Waals surface area (Å²) in [5.41, 5.74) is 2.10. The molecule has 0 bridgehead atoms. The van der Waals surface area contributed by atoms with E-state index in [1.807, 2.05) is 13.0 Å². The van der Waals surface area contributed by atoms with Crippen LogP contribution in [-0.2, 0) is 0 Å². The Hall–Kier alpha value is -2.63. The minimum absolute atomic E-state index is 0.189. The van der Waals surface area contributed by atoms with E-state index in [-0.39, 0.29) is 11.7 Å². The summed E-state index contributed by atoms with van der Waals surface area (Å²) in [4.78, 5) is 16.2. The molecule has 0 radical (unpaired) electrons. The van der Waals surface area contributed by atoms with Crippen LogP contribution in [0.15, 0.2) is 33.2 Å². The Bertz CT molecular complexity index is 757. The first-order valence-electron chi connectivity index (χ1n) is 5.74. The molecule has 0 aromatic carbocycles. The van der Waals surface area contributed by atoms with Crippen LogP contribution in [0.25, 0.3) is 11.1 Å². The van der Waals surface area contributed by atoms with Crippen LogP contribution in [0.5, 0.6) is 0 Å². The molecule has 3 aromatic heterocycles. The van der Waals surface area contributed by atoms with E-state index in [2.05, 4.69) is 15.5 Å². The number of carbonyl (C=O) groups excluding carboxylic acids is 1. The number of pyridine rings is 1. The second kappa shape index (κ2) is 4.24. The number of amides is 1. The van der Waals surface area contributed by atoms with E-state index in [0.717, 1.165) is 5.69 Å². The number of furan rings is 1. The summed E-state index contributed by atoms with van der Waals surface area (Å²) in [6, 6.07) is 6.84. The fourth-order valence-electron chi connectivity index (χ4n) is 1.74. The number of hydrogen-bond acceptors (Lipinski definition) is 5. The normalized spacial score (nSPS) is 10.8. The zero-order valence-electron chi connectivity index (χ0n) is 10.4. The minimum Gasteiger partial charge on any atom is -0.449 e. The lowest BCUT2D eigenvalue weighted by Gasteiger charge is -1.95. The largest absolute Gasteiger partial charge is 0.449 e. The average Bonchev–Trinajstić information content (AvgIpc) is 2.95. The fourth-order valence-corrected chi connectivity index (χ4v) is 1.74. The highest BCUT2D eigenvalue weighted by Gasteiger charge is 2.14. The molecule has 1 amide bonds. The van der Waals surface area contributed by atoms with Crippen molar-refractivity contribution in [3.63, 3.8) is 0 Å². The Morgan fingerprint density at radius 3 is 2.84 bits per heavy atom. The van der Waals surface area contributed by atoms with Crippen LogP contribution >= 0.6 is 0 Å². The summed E-state index contributed by atoms with van der Waals surface area (Å²) < 4.78 is 10.3. The Labute approximate surface area is 108 Å². The van der Waals surface area contributed by atoms with Crippen LogP contribution in [0.1, 0.15) is 22.0 Å². The monoisotopic (exact) mass is 257 g/mol.